The molecule has 1 amide bonds. The molecule has 0 saturated carbocycles. The SMILES string of the molecule is Cc1ccc(NC(=O)CN(C)CC2CNCCO2)c(Br)c1. The van der Waals surface area contributed by atoms with Crippen LogP contribution in [0, 0.1) is 6.92 Å². The monoisotopic (exact) mass is 355 g/mol. The second-order valence-electron chi connectivity index (χ2n) is 5.43. The first-order chi connectivity index (χ1) is 10.0. The summed E-state index contributed by atoms with van der Waals surface area (Å²) >= 11 is 3.46. The molecule has 1 unspecified atom stereocenters. The average Bonchev–Trinajstić information content (AvgIpc) is 2.43. The molecule has 5 nitrogen and oxygen atoms in total. The molecule has 1 saturated heterocycles. The minimum atomic E-state index is -0.0224. The third-order valence-corrected chi connectivity index (χ3v) is 3.99. The second-order valence-corrected chi connectivity index (χ2v) is 6.28. The maximum Gasteiger partial charge on any atom is 0.238 e. The highest BCUT2D eigenvalue weighted by Gasteiger charge is 2.17. The molecule has 21 heavy (non-hydrogen) atoms. The van der Waals surface area contributed by atoms with Crippen LogP contribution in [0.5, 0.6) is 0 Å². The van der Waals surface area contributed by atoms with Gasteiger partial charge in [0.2, 0.25) is 5.91 Å². The lowest BCUT2D eigenvalue weighted by Gasteiger charge is -2.27. The Morgan fingerprint density at radius 2 is 2.38 bits per heavy atom. The Bertz CT molecular complexity index is 490. The zero-order chi connectivity index (χ0) is 15.2. The lowest BCUT2D eigenvalue weighted by molar-refractivity contribution is -0.117. The maximum absolute atomic E-state index is 12.1. The Kier molecular flexibility index (Phi) is 6.17. The number of nitrogens with one attached hydrogen (secondary N) is 2. The van der Waals surface area contributed by atoms with E-state index < -0.39 is 0 Å². The lowest BCUT2D eigenvalue weighted by Crippen LogP contribution is -2.45. The van der Waals surface area contributed by atoms with Gasteiger partial charge in [-0.25, -0.2) is 0 Å². The van der Waals surface area contributed by atoms with Crippen molar-refractivity contribution >= 4 is 27.5 Å². The molecule has 1 fully saturated rings. The Morgan fingerprint density at radius 1 is 1.57 bits per heavy atom. The molecule has 2 rings (SSSR count). The molecule has 0 bridgehead atoms. The van der Waals surface area contributed by atoms with E-state index in [1.165, 1.54) is 0 Å². The first-order valence-corrected chi connectivity index (χ1v) is 7.91. The number of halogens is 1. The number of nitrogens with zero attached hydrogens (tertiary/aromatic N) is 1. The van der Waals surface area contributed by atoms with Crippen LogP contribution >= 0.6 is 15.9 Å². The van der Waals surface area contributed by atoms with Crippen molar-refractivity contribution in [2.24, 2.45) is 0 Å². The number of anilines is 1. The summed E-state index contributed by atoms with van der Waals surface area (Å²) in [6.07, 6.45) is 0.155. The number of rotatable bonds is 5. The number of benzene rings is 1. The molecule has 2 N–H and O–H groups in total. The molecule has 0 aromatic heterocycles. The zero-order valence-electron chi connectivity index (χ0n) is 12.5. The number of likely N-dealkylation sites (N-methyl/N-ethyl adjacent to an activating group) is 1. The van der Waals surface area contributed by atoms with Gasteiger partial charge < -0.3 is 15.4 Å². The number of morpholine rings is 1. The van der Waals surface area contributed by atoms with Crippen molar-refractivity contribution in [2.45, 2.75) is 13.0 Å². The van der Waals surface area contributed by atoms with E-state index in [9.17, 15) is 4.79 Å². The summed E-state index contributed by atoms with van der Waals surface area (Å²) in [5.74, 6) is -0.0224. The summed E-state index contributed by atoms with van der Waals surface area (Å²) in [4.78, 5) is 14.1. The van der Waals surface area contributed by atoms with Crippen molar-refractivity contribution < 1.29 is 9.53 Å². The van der Waals surface area contributed by atoms with Crippen LogP contribution < -0.4 is 10.6 Å². The van der Waals surface area contributed by atoms with Crippen LogP contribution in [0.3, 0.4) is 0 Å². The summed E-state index contributed by atoms with van der Waals surface area (Å²) in [7, 11) is 1.93. The van der Waals surface area contributed by atoms with Crippen LogP contribution in [-0.2, 0) is 9.53 Å². The van der Waals surface area contributed by atoms with E-state index in [4.69, 9.17) is 4.74 Å². The van der Waals surface area contributed by atoms with Gasteiger partial charge in [-0.05, 0) is 47.6 Å². The number of aryl methyl sites for hydroxylation is 1. The van der Waals surface area contributed by atoms with Gasteiger partial charge in [0.15, 0.2) is 0 Å². The van der Waals surface area contributed by atoms with Crippen LogP contribution in [0.2, 0.25) is 0 Å². The first kappa shape index (κ1) is 16.4. The molecule has 0 radical (unpaired) electrons. The number of hydrogen-bond donors (Lipinski definition) is 2. The van der Waals surface area contributed by atoms with Gasteiger partial charge in [0.05, 0.1) is 24.9 Å². The summed E-state index contributed by atoms with van der Waals surface area (Å²) in [6.45, 7) is 5.59. The molecular weight excluding hydrogens is 334 g/mol. The van der Waals surface area contributed by atoms with Crippen LogP contribution in [0.1, 0.15) is 5.56 Å². The number of hydrogen-bond acceptors (Lipinski definition) is 4. The fourth-order valence-corrected chi connectivity index (χ4v) is 2.90. The van der Waals surface area contributed by atoms with Crippen molar-refractivity contribution in [3.8, 4) is 0 Å². The summed E-state index contributed by atoms with van der Waals surface area (Å²) < 4.78 is 6.54. The predicted octanol–water partition coefficient (Wildman–Crippen LogP) is 1.62. The van der Waals surface area contributed by atoms with Gasteiger partial charge in [0, 0.05) is 24.1 Å². The van der Waals surface area contributed by atoms with E-state index in [1.54, 1.807) is 0 Å². The highest BCUT2D eigenvalue weighted by Crippen LogP contribution is 2.23. The molecule has 0 aliphatic carbocycles. The summed E-state index contributed by atoms with van der Waals surface area (Å²) in [5, 5.41) is 6.21. The van der Waals surface area contributed by atoms with Crippen molar-refractivity contribution in [3.05, 3.63) is 28.2 Å². The largest absolute Gasteiger partial charge is 0.374 e. The number of ether oxygens (including phenoxy) is 1. The van der Waals surface area contributed by atoms with Gasteiger partial charge in [0.25, 0.3) is 0 Å². The van der Waals surface area contributed by atoms with Crippen LogP contribution in [0.25, 0.3) is 0 Å². The topological polar surface area (TPSA) is 53.6 Å². The van der Waals surface area contributed by atoms with E-state index in [1.807, 2.05) is 37.1 Å². The average molecular weight is 356 g/mol. The molecule has 6 heteroatoms. The Morgan fingerprint density at radius 3 is 3.05 bits per heavy atom. The fourth-order valence-electron chi connectivity index (χ4n) is 2.31. The molecule has 1 aliphatic heterocycles. The first-order valence-electron chi connectivity index (χ1n) is 7.11. The minimum Gasteiger partial charge on any atom is -0.374 e. The smallest absolute Gasteiger partial charge is 0.238 e. The zero-order valence-corrected chi connectivity index (χ0v) is 14.1. The highest BCUT2D eigenvalue weighted by atomic mass is 79.9. The maximum atomic E-state index is 12.1. The van der Waals surface area contributed by atoms with Gasteiger partial charge in [-0.15, -0.1) is 0 Å². The lowest BCUT2D eigenvalue weighted by atomic mass is 10.2. The Hall–Kier alpha value is -0.950. The van der Waals surface area contributed by atoms with Gasteiger partial charge in [0.1, 0.15) is 0 Å². The second kappa shape index (κ2) is 7.89. The fraction of sp³-hybridized carbons (Fsp3) is 0.533. The third-order valence-electron chi connectivity index (χ3n) is 3.33. The predicted molar refractivity (Wildman–Crippen MR) is 87.6 cm³/mol. The van der Waals surface area contributed by atoms with Crippen molar-refractivity contribution in [1.29, 1.82) is 0 Å². The van der Waals surface area contributed by atoms with Crippen molar-refractivity contribution in [3.63, 3.8) is 0 Å². The third kappa shape index (κ3) is 5.39. The van der Waals surface area contributed by atoms with Crippen LogP contribution in [-0.4, -0.2) is 56.7 Å². The number of carbonyl (C=O) groups is 1. The number of amides is 1. The van der Waals surface area contributed by atoms with Crippen LogP contribution in [0.4, 0.5) is 5.69 Å². The van der Waals surface area contributed by atoms with E-state index in [2.05, 4.69) is 26.6 Å². The van der Waals surface area contributed by atoms with Gasteiger partial charge in [-0.3, -0.25) is 9.69 Å². The molecule has 0 spiro atoms. The van der Waals surface area contributed by atoms with Crippen molar-refractivity contribution in [1.82, 2.24) is 10.2 Å². The van der Waals surface area contributed by atoms with E-state index >= 15 is 0 Å². The molecule has 1 aromatic carbocycles. The number of carbonyl (C=O) groups excluding carboxylic acids is 1. The molecular formula is C15H22BrN3O2. The standard InChI is InChI=1S/C15H22BrN3O2/c1-11-3-4-14(13(16)7-11)18-15(20)10-19(2)9-12-8-17-5-6-21-12/h3-4,7,12,17H,5-6,8-10H2,1-2H3,(H,18,20). The molecule has 1 aliphatic rings. The summed E-state index contributed by atoms with van der Waals surface area (Å²) in [6, 6.07) is 5.87. The molecule has 1 aromatic rings. The van der Waals surface area contributed by atoms with Crippen molar-refractivity contribution in [2.75, 3.05) is 45.2 Å². The van der Waals surface area contributed by atoms with Gasteiger partial charge in [-0.2, -0.15) is 0 Å². The van der Waals surface area contributed by atoms with Gasteiger partial charge in [-0.1, -0.05) is 6.07 Å². The normalized spacial score (nSPS) is 18.8. The molecule has 1 atom stereocenters. The highest BCUT2D eigenvalue weighted by molar-refractivity contribution is 9.10. The van der Waals surface area contributed by atoms with Crippen LogP contribution in [0.15, 0.2) is 22.7 Å². The summed E-state index contributed by atoms with van der Waals surface area (Å²) in [5.41, 5.74) is 1.95. The van der Waals surface area contributed by atoms with E-state index in [0.717, 1.165) is 42.0 Å². The minimum absolute atomic E-state index is 0.0224. The van der Waals surface area contributed by atoms with Gasteiger partial charge >= 0.3 is 0 Å². The molecule has 116 valence electrons. The van der Waals surface area contributed by atoms with E-state index in [0.29, 0.717) is 6.54 Å². The van der Waals surface area contributed by atoms with E-state index in [-0.39, 0.29) is 12.0 Å². The Labute approximate surface area is 134 Å². The Balaban J connectivity index is 1.80. The molecule has 1 heterocycles. The quantitative estimate of drug-likeness (QED) is 0.842.